The average Bonchev–Trinajstić information content (AvgIpc) is 2.70. The van der Waals surface area contributed by atoms with Crippen molar-refractivity contribution in [3.8, 4) is 11.5 Å². The first kappa shape index (κ1) is 21.5. The van der Waals surface area contributed by atoms with E-state index in [0.717, 1.165) is 36.2 Å². The molecular formula is C23H30N4O3. The Balaban J connectivity index is 1.58. The molecule has 0 aromatic heterocycles. The van der Waals surface area contributed by atoms with Gasteiger partial charge in [0.25, 0.3) is 0 Å². The van der Waals surface area contributed by atoms with E-state index in [4.69, 9.17) is 9.47 Å². The molecule has 2 aromatic rings. The number of guanidine groups is 1. The Morgan fingerprint density at radius 1 is 1.10 bits per heavy atom. The van der Waals surface area contributed by atoms with Crippen molar-refractivity contribution in [2.24, 2.45) is 10.9 Å². The number of hydrogen-bond acceptors (Lipinski definition) is 4. The van der Waals surface area contributed by atoms with E-state index in [1.54, 1.807) is 14.2 Å². The second kappa shape index (κ2) is 10.5. The second-order valence-corrected chi connectivity index (χ2v) is 7.17. The van der Waals surface area contributed by atoms with Crippen molar-refractivity contribution in [3.63, 3.8) is 0 Å². The van der Waals surface area contributed by atoms with Crippen molar-refractivity contribution in [1.82, 2.24) is 5.32 Å². The van der Waals surface area contributed by atoms with Gasteiger partial charge in [0.1, 0.15) is 0 Å². The summed E-state index contributed by atoms with van der Waals surface area (Å²) in [5.74, 6) is 2.28. The number of rotatable bonds is 8. The van der Waals surface area contributed by atoms with Crippen molar-refractivity contribution in [3.05, 3.63) is 48.0 Å². The minimum Gasteiger partial charge on any atom is -0.493 e. The number of ether oxygens (including phenoxy) is 2. The molecule has 1 aliphatic carbocycles. The molecule has 0 atom stereocenters. The number of anilines is 2. The molecule has 0 bridgehead atoms. The number of benzene rings is 2. The third-order valence-corrected chi connectivity index (χ3v) is 5.08. The molecular weight excluding hydrogens is 380 g/mol. The highest BCUT2D eigenvalue weighted by Crippen LogP contribution is 2.30. The van der Waals surface area contributed by atoms with Gasteiger partial charge in [-0.15, -0.1) is 0 Å². The molecule has 3 N–H and O–H groups in total. The quantitative estimate of drug-likeness (QED) is 0.452. The molecule has 1 aliphatic rings. The second-order valence-electron chi connectivity index (χ2n) is 7.17. The van der Waals surface area contributed by atoms with Gasteiger partial charge in [-0.25, -0.2) is 0 Å². The van der Waals surface area contributed by atoms with E-state index >= 15 is 0 Å². The zero-order chi connectivity index (χ0) is 21.3. The predicted octanol–water partition coefficient (Wildman–Crippen LogP) is 4.02. The molecule has 0 unspecified atom stereocenters. The van der Waals surface area contributed by atoms with Crippen LogP contribution in [0.15, 0.2) is 47.5 Å². The van der Waals surface area contributed by atoms with Gasteiger partial charge in [-0.3, -0.25) is 9.79 Å². The fraction of sp³-hybridized carbons (Fsp3) is 0.391. The minimum atomic E-state index is 0.119. The van der Waals surface area contributed by atoms with Crippen LogP contribution >= 0.6 is 0 Å². The van der Waals surface area contributed by atoms with Crippen LogP contribution in [0.1, 0.15) is 31.7 Å². The number of amides is 1. The summed E-state index contributed by atoms with van der Waals surface area (Å²) in [5.41, 5.74) is 2.72. The van der Waals surface area contributed by atoms with Crippen molar-refractivity contribution < 1.29 is 14.3 Å². The number of nitrogens with one attached hydrogen (secondary N) is 3. The van der Waals surface area contributed by atoms with Crippen LogP contribution in [0.3, 0.4) is 0 Å². The largest absolute Gasteiger partial charge is 0.493 e. The van der Waals surface area contributed by atoms with Gasteiger partial charge in [-0.05, 0) is 49.6 Å². The fourth-order valence-electron chi connectivity index (χ4n) is 3.20. The summed E-state index contributed by atoms with van der Waals surface area (Å²) in [6, 6.07) is 13.5. The highest BCUT2D eigenvalue weighted by Gasteiger charge is 2.25. The Kier molecular flexibility index (Phi) is 7.54. The number of carbonyl (C=O) groups is 1. The van der Waals surface area contributed by atoms with Gasteiger partial charge in [0.05, 0.1) is 13.7 Å². The first-order valence-corrected chi connectivity index (χ1v) is 10.3. The van der Waals surface area contributed by atoms with Gasteiger partial charge in [0, 0.05) is 37.0 Å². The van der Waals surface area contributed by atoms with E-state index in [9.17, 15) is 4.79 Å². The third-order valence-electron chi connectivity index (χ3n) is 5.08. The highest BCUT2D eigenvalue weighted by atomic mass is 16.5. The van der Waals surface area contributed by atoms with Gasteiger partial charge in [0.2, 0.25) is 5.91 Å². The summed E-state index contributed by atoms with van der Waals surface area (Å²) >= 11 is 0. The van der Waals surface area contributed by atoms with Crippen LogP contribution in [0.25, 0.3) is 0 Å². The number of nitrogens with zero attached hydrogens (tertiary/aromatic N) is 1. The van der Waals surface area contributed by atoms with E-state index in [1.807, 2.05) is 49.4 Å². The van der Waals surface area contributed by atoms with Gasteiger partial charge in [0.15, 0.2) is 17.5 Å². The zero-order valence-electron chi connectivity index (χ0n) is 17.8. The average molecular weight is 411 g/mol. The number of carbonyl (C=O) groups excluding carboxylic acids is 1. The van der Waals surface area contributed by atoms with Crippen LogP contribution in [0.2, 0.25) is 0 Å². The number of hydrogen-bond donors (Lipinski definition) is 3. The van der Waals surface area contributed by atoms with Crippen LogP contribution in [-0.4, -0.2) is 32.6 Å². The topological polar surface area (TPSA) is 84.0 Å². The monoisotopic (exact) mass is 410 g/mol. The number of methoxy groups -OCH3 is 1. The van der Waals surface area contributed by atoms with Gasteiger partial charge in [-0.2, -0.15) is 0 Å². The van der Waals surface area contributed by atoms with E-state index < -0.39 is 0 Å². The van der Waals surface area contributed by atoms with Gasteiger partial charge >= 0.3 is 0 Å². The Bertz CT molecular complexity index is 894. The lowest BCUT2D eigenvalue weighted by atomic mass is 9.85. The Morgan fingerprint density at radius 2 is 1.90 bits per heavy atom. The molecule has 3 rings (SSSR count). The standard InChI is InChI=1S/C23H30N4O3/c1-4-30-21-14-19(11-12-20(21)29-3)27-23(24-2)25-15-16-7-5-10-18(13-16)26-22(28)17-8-6-9-17/h5,7,10-14,17H,4,6,8-9,15H2,1-3H3,(H,26,28)(H2,24,25,27). The molecule has 160 valence electrons. The van der Waals surface area contributed by atoms with E-state index in [2.05, 4.69) is 20.9 Å². The lowest BCUT2D eigenvalue weighted by Crippen LogP contribution is -2.30. The van der Waals surface area contributed by atoms with Gasteiger partial charge < -0.3 is 25.4 Å². The normalized spacial score (nSPS) is 13.9. The molecule has 0 aliphatic heterocycles. The molecule has 0 spiro atoms. The SMILES string of the molecule is CCOc1cc(NC(=NC)NCc2cccc(NC(=O)C3CCC3)c2)ccc1OC. The van der Waals surface area contributed by atoms with E-state index in [0.29, 0.717) is 30.6 Å². The summed E-state index contributed by atoms with van der Waals surface area (Å²) in [5, 5.41) is 9.57. The highest BCUT2D eigenvalue weighted by molar-refractivity contribution is 5.94. The molecule has 1 amide bonds. The smallest absolute Gasteiger partial charge is 0.227 e. The molecule has 1 saturated carbocycles. The molecule has 30 heavy (non-hydrogen) atoms. The van der Waals surface area contributed by atoms with E-state index in [1.165, 1.54) is 0 Å². The molecule has 0 saturated heterocycles. The summed E-state index contributed by atoms with van der Waals surface area (Å²) in [6.45, 7) is 3.06. The minimum absolute atomic E-state index is 0.119. The zero-order valence-corrected chi connectivity index (χ0v) is 17.8. The fourth-order valence-corrected chi connectivity index (χ4v) is 3.20. The molecule has 7 nitrogen and oxygen atoms in total. The molecule has 1 fully saturated rings. The molecule has 2 aromatic carbocycles. The lowest BCUT2D eigenvalue weighted by molar-refractivity contribution is -0.122. The first-order chi connectivity index (χ1) is 14.6. The maximum absolute atomic E-state index is 12.2. The summed E-state index contributed by atoms with van der Waals surface area (Å²) in [4.78, 5) is 16.4. The maximum atomic E-state index is 12.2. The summed E-state index contributed by atoms with van der Waals surface area (Å²) in [6.07, 6.45) is 3.13. The van der Waals surface area contributed by atoms with Crippen molar-refractivity contribution in [2.75, 3.05) is 31.4 Å². The number of aliphatic imine (C=N–C) groups is 1. The van der Waals surface area contributed by atoms with Crippen LogP contribution in [0.5, 0.6) is 11.5 Å². The van der Waals surface area contributed by atoms with Gasteiger partial charge in [-0.1, -0.05) is 18.6 Å². The lowest BCUT2D eigenvalue weighted by Gasteiger charge is -2.24. The van der Waals surface area contributed by atoms with Crippen LogP contribution in [0, 0.1) is 5.92 Å². The van der Waals surface area contributed by atoms with Crippen LogP contribution < -0.4 is 25.4 Å². The van der Waals surface area contributed by atoms with Crippen LogP contribution in [0.4, 0.5) is 11.4 Å². The Morgan fingerprint density at radius 3 is 2.57 bits per heavy atom. The first-order valence-electron chi connectivity index (χ1n) is 10.3. The Hall–Kier alpha value is -3.22. The summed E-state index contributed by atoms with van der Waals surface area (Å²) in [7, 11) is 3.34. The summed E-state index contributed by atoms with van der Waals surface area (Å²) < 4.78 is 11.0. The van der Waals surface area contributed by atoms with E-state index in [-0.39, 0.29) is 11.8 Å². The van der Waals surface area contributed by atoms with Crippen molar-refractivity contribution in [1.29, 1.82) is 0 Å². The molecule has 7 heteroatoms. The maximum Gasteiger partial charge on any atom is 0.227 e. The molecule has 0 heterocycles. The third kappa shape index (κ3) is 5.65. The van der Waals surface area contributed by atoms with Crippen LogP contribution in [-0.2, 0) is 11.3 Å². The Labute approximate surface area is 177 Å². The van der Waals surface area contributed by atoms with Crippen molar-refractivity contribution >= 4 is 23.2 Å². The molecule has 0 radical (unpaired) electrons. The van der Waals surface area contributed by atoms with Crippen molar-refractivity contribution in [2.45, 2.75) is 32.7 Å². The predicted molar refractivity (Wildman–Crippen MR) is 120 cm³/mol.